The molecule has 4 nitrogen and oxygen atoms in total. The van der Waals surface area contributed by atoms with Crippen molar-refractivity contribution in [3.05, 3.63) is 86.5 Å². The third-order valence-electron chi connectivity index (χ3n) is 4.21. The fraction of sp³-hybridized carbons (Fsp3) is 0.200. The van der Waals surface area contributed by atoms with E-state index in [9.17, 15) is 14.3 Å². The van der Waals surface area contributed by atoms with E-state index >= 15 is 0 Å². The highest BCUT2D eigenvalue weighted by atomic mass is 35.5. The number of halogens is 2. The molecule has 0 bridgehead atoms. The summed E-state index contributed by atoms with van der Waals surface area (Å²) in [5.41, 5.74) is 2.23. The summed E-state index contributed by atoms with van der Waals surface area (Å²) in [6.07, 6.45) is 0.226. The first kappa shape index (κ1) is 18.3. The van der Waals surface area contributed by atoms with Crippen molar-refractivity contribution in [3.8, 4) is 11.4 Å². The van der Waals surface area contributed by atoms with E-state index < -0.39 is 5.82 Å². The van der Waals surface area contributed by atoms with E-state index in [0.29, 0.717) is 22.6 Å². The quantitative estimate of drug-likeness (QED) is 0.744. The van der Waals surface area contributed by atoms with Crippen LogP contribution in [-0.4, -0.2) is 21.3 Å². The van der Waals surface area contributed by atoms with E-state index in [1.54, 1.807) is 13.0 Å². The predicted molar refractivity (Wildman–Crippen MR) is 100.0 cm³/mol. The van der Waals surface area contributed by atoms with Crippen LogP contribution < -0.4 is 5.56 Å². The van der Waals surface area contributed by atoms with E-state index in [1.807, 2.05) is 30.3 Å². The maximum absolute atomic E-state index is 13.3. The summed E-state index contributed by atoms with van der Waals surface area (Å²) < 4.78 is 14.9. The zero-order chi connectivity index (χ0) is 18.7. The number of nitrogens with zero attached hydrogens (tertiary/aromatic N) is 2. The minimum atomic E-state index is -0.433. The maximum Gasteiger partial charge on any atom is 0.257 e. The van der Waals surface area contributed by atoms with Gasteiger partial charge in [-0.15, -0.1) is 0 Å². The average molecular weight is 373 g/mol. The minimum absolute atomic E-state index is 0.139. The van der Waals surface area contributed by atoms with Crippen LogP contribution >= 0.6 is 11.6 Å². The molecule has 0 atom stereocenters. The van der Waals surface area contributed by atoms with E-state index in [0.717, 1.165) is 5.56 Å². The molecule has 0 amide bonds. The number of hydrogen-bond donors (Lipinski definition) is 1. The van der Waals surface area contributed by atoms with Gasteiger partial charge in [0.2, 0.25) is 0 Å². The lowest BCUT2D eigenvalue weighted by Crippen LogP contribution is -2.29. The minimum Gasteiger partial charge on any atom is -0.396 e. The lowest BCUT2D eigenvalue weighted by Gasteiger charge is -2.16. The Balaban J connectivity index is 2.20. The third kappa shape index (κ3) is 3.69. The van der Waals surface area contributed by atoms with Gasteiger partial charge in [-0.1, -0.05) is 48.0 Å². The number of aliphatic hydroxyl groups is 1. The molecule has 0 aliphatic heterocycles. The molecular formula is C20H18ClFN2O2. The number of benzene rings is 2. The number of rotatable bonds is 5. The SMILES string of the molecule is Cc1nc(-c2ccccc2)n(Cc2ccc(F)cc2Cl)c(=O)c1CCO. The van der Waals surface area contributed by atoms with Gasteiger partial charge in [0.25, 0.3) is 5.56 Å². The Labute approximate surface area is 155 Å². The standard InChI is InChI=1S/C20H18ClFN2O2/c1-13-17(9-10-25)20(26)24(12-15-7-8-16(22)11-18(15)21)19(23-13)14-5-3-2-4-6-14/h2-8,11,25H,9-10,12H2,1H3. The molecule has 0 saturated heterocycles. The van der Waals surface area contributed by atoms with Gasteiger partial charge in [-0.25, -0.2) is 9.37 Å². The lowest BCUT2D eigenvalue weighted by atomic mass is 10.1. The topological polar surface area (TPSA) is 55.1 Å². The molecule has 0 spiro atoms. The fourth-order valence-electron chi connectivity index (χ4n) is 2.87. The summed E-state index contributed by atoms with van der Waals surface area (Å²) >= 11 is 6.15. The van der Waals surface area contributed by atoms with Crippen LogP contribution in [-0.2, 0) is 13.0 Å². The first-order valence-corrected chi connectivity index (χ1v) is 8.59. The highest BCUT2D eigenvalue weighted by molar-refractivity contribution is 6.31. The van der Waals surface area contributed by atoms with Crippen molar-refractivity contribution in [3.63, 3.8) is 0 Å². The number of aliphatic hydroxyl groups excluding tert-OH is 1. The Morgan fingerprint density at radius 1 is 1.19 bits per heavy atom. The van der Waals surface area contributed by atoms with Crippen LogP contribution in [0.1, 0.15) is 16.8 Å². The monoisotopic (exact) mass is 372 g/mol. The summed E-state index contributed by atoms with van der Waals surface area (Å²) in [6, 6.07) is 13.5. The number of hydrogen-bond acceptors (Lipinski definition) is 3. The molecule has 1 aromatic heterocycles. The molecular weight excluding hydrogens is 355 g/mol. The van der Waals surface area contributed by atoms with E-state index in [1.165, 1.54) is 16.7 Å². The predicted octanol–water partition coefficient (Wildman–Crippen LogP) is 3.59. The number of aromatic nitrogens is 2. The lowest BCUT2D eigenvalue weighted by molar-refractivity contribution is 0.298. The van der Waals surface area contributed by atoms with Crippen molar-refractivity contribution in [2.45, 2.75) is 19.9 Å². The first-order chi connectivity index (χ1) is 12.5. The molecule has 3 rings (SSSR count). The zero-order valence-corrected chi connectivity index (χ0v) is 15.0. The Morgan fingerprint density at radius 2 is 1.92 bits per heavy atom. The maximum atomic E-state index is 13.3. The fourth-order valence-corrected chi connectivity index (χ4v) is 3.10. The number of aryl methyl sites for hydroxylation is 1. The Bertz CT molecular complexity index is 987. The van der Waals surface area contributed by atoms with Gasteiger partial charge in [0.15, 0.2) is 0 Å². The molecule has 1 heterocycles. The van der Waals surface area contributed by atoms with Crippen molar-refractivity contribution in [1.29, 1.82) is 0 Å². The van der Waals surface area contributed by atoms with Crippen molar-refractivity contribution < 1.29 is 9.50 Å². The summed E-state index contributed by atoms with van der Waals surface area (Å²) in [4.78, 5) is 17.7. The second kappa shape index (κ2) is 7.81. The van der Waals surface area contributed by atoms with Crippen LogP contribution in [0.25, 0.3) is 11.4 Å². The second-order valence-corrected chi connectivity index (χ2v) is 6.37. The summed E-state index contributed by atoms with van der Waals surface area (Å²) in [7, 11) is 0. The Kier molecular flexibility index (Phi) is 5.49. The van der Waals surface area contributed by atoms with Gasteiger partial charge in [0.05, 0.1) is 6.54 Å². The molecule has 0 radical (unpaired) electrons. The van der Waals surface area contributed by atoms with Gasteiger partial charge < -0.3 is 5.11 Å². The Morgan fingerprint density at radius 3 is 2.58 bits per heavy atom. The van der Waals surface area contributed by atoms with Crippen LogP contribution in [0.2, 0.25) is 5.02 Å². The largest absolute Gasteiger partial charge is 0.396 e. The molecule has 3 aromatic rings. The molecule has 1 N–H and O–H groups in total. The molecule has 2 aromatic carbocycles. The van der Waals surface area contributed by atoms with Gasteiger partial charge in [-0.05, 0) is 24.6 Å². The van der Waals surface area contributed by atoms with E-state index in [4.69, 9.17) is 11.6 Å². The molecule has 26 heavy (non-hydrogen) atoms. The average Bonchev–Trinajstić information content (AvgIpc) is 2.63. The smallest absolute Gasteiger partial charge is 0.257 e. The van der Waals surface area contributed by atoms with Crippen LogP contribution in [0.15, 0.2) is 53.3 Å². The third-order valence-corrected chi connectivity index (χ3v) is 4.56. The van der Waals surface area contributed by atoms with Crippen molar-refractivity contribution in [2.24, 2.45) is 0 Å². The van der Waals surface area contributed by atoms with Crippen molar-refractivity contribution >= 4 is 11.6 Å². The van der Waals surface area contributed by atoms with Crippen LogP contribution in [0.3, 0.4) is 0 Å². The molecule has 0 fully saturated rings. The van der Waals surface area contributed by atoms with E-state index in [-0.39, 0.29) is 30.2 Å². The van der Waals surface area contributed by atoms with Gasteiger partial charge in [0, 0.05) is 34.9 Å². The van der Waals surface area contributed by atoms with Crippen molar-refractivity contribution in [2.75, 3.05) is 6.61 Å². The van der Waals surface area contributed by atoms with Crippen LogP contribution in [0, 0.1) is 12.7 Å². The van der Waals surface area contributed by atoms with Crippen LogP contribution in [0.4, 0.5) is 4.39 Å². The highest BCUT2D eigenvalue weighted by Crippen LogP contribution is 2.22. The van der Waals surface area contributed by atoms with Gasteiger partial charge >= 0.3 is 0 Å². The molecule has 0 aliphatic carbocycles. The molecule has 6 heteroatoms. The normalized spacial score (nSPS) is 10.9. The van der Waals surface area contributed by atoms with Gasteiger partial charge in [-0.2, -0.15) is 0 Å². The zero-order valence-electron chi connectivity index (χ0n) is 14.2. The molecule has 0 unspecified atom stereocenters. The molecule has 0 aliphatic rings. The Hall–Kier alpha value is -2.50. The first-order valence-electron chi connectivity index (χ1n) is 8.21. The highest BCUT2D eigenvalue weighted by Gasteiger charge is 2.16. The van der Waals surface area contributed by atoms with Gasteiger partial charge in [0.1, 0.15) is 11.6 Å². The summed E-state index contributed by atoms with van der Waals surface area (Å²) in [5.74, 6) is 0.0764. The molecule has 0 saturated carbocycles. The summed E-state index contributed by atoms with van der Waals surface area (Å²) in [5, 5.41) is 9.52. The van der Waals surface area contributed by atoms with Crippen LogP contribution in [0.5, 0.6) is 0 Å². The molecule has 134 valence electrons. The van der Waals surface area contributed by atoms with Crippen molar-refractivity contribution in [1.82, 2.24) is 9.55 Å². The summed E-state index contributed by atoms with van der Waals surface area (Å²) in [6.45, 7) is 1.78. The second-order valence-electron chi connectivity index (χ2n) is 5.97. The van der Waals surface area contributed by atoms with E-state index in [2.05, 4.69) is 4.98 Å². The van der Waals surface area contributed by atoms with Gasteiger partial charge in [-0.3, -0.25) is 9.36 Å².